The standard InChI is InChI=1S/C17H31N3/c1-9-17(18,10-2)14-19-12(15(3,4)5)11-13(20-14)16(6,7)8/h11H,9-10,18H2,1-8H3. The first-order chi connectivity index (χ1) is 8.94. The summed E-state index contributed by atoms with van der Waals surface area (Å²) in [7, 11) is 0. The van der Waals surface area contributed by atoms with E-state index in [2.05, 4.69) is 61.5 Å². The summed E-state index contributed by atoms with van der Waals surface area (Å²) in [6, 6.07) is 2.13. The summed E-state index contributed by atoms with van der Waals surface area (Å²) in [5.41, 5.74) is 8.23. The first-order valence-corrected chi connectivity index (χ1v) is 7.63. The zero-order valence-corrected chi connectivity index (χ0v) is 14.5. The van der Waals surface area contributed by atoms with Gasteiger partial charge in [0.2, 0.25) is 0 Å². The Hall–Kier alpha value is -0.960. The van der Waals surface area contributed by atoms with Crippen LogP contribution in [-0.2, 0) is 16.4 Å². The Morgan fingerprint density at radius 1 is 0.850 bits per heavy atom. The fourth-order valence-electron chi connectivity index (χ4n) is 2.00. The van der Waals surface area contributed by atoms with E-state index >= 15 is 0 Å². The molecule has 0 radical (unpaired) electrons. The minimum Gasteiger partial charge on any atom is -0.319 e. The van der Waals surface area contributed by atoms with Crippen LogP contribution in [-0.4, -0.2) is 9.97 Å². The zero-order valence-electron chi connectivity index (χ0n) is 14.5. The van der Waals surface area contributed by atoms with Crippen LogP contribution in [0.25, 0.3) is 0 Å². The number of rotatable bonds is 3. The Kier molecular flexibility index (Phi) is 4.65. The average Bonchev–Trinajstić information content (AvgIpc) is 2.35. The van der Waals surface area contributed by atoms with Crippen molar-refractivity contribution in [1.82, 2.24) is 9.97 Å². The Morgan fingerprint density at radius 3 is 1.45 bits per heavy atom. The van der Waals surface area contributed by atoms with Crippen LogP contribution >= 0.6 is 0 Å². The summed E-state index contributed by atoms with van der Waals surface area (Å²) in [5.74, 6) is 0.792. The fourth-order valence-corrected chi connectivity index (χ4v) is 2.00. The van der Waals surface area contributed by atoms with Gasteiger partial charge in [-0.1, -0.05) is 55.4 Å². The van der Waals surface area contributed by atoms with Crippen LogP contribution in [0.4, 0.5) is 0 Å². The van der Waals surface area contributed by atoms with Crippen molar-refractivity contribution in [2.45, 2.75) is 84.6 Å². The zero-order chi connectivity index (χ0) is 15.8. The van der Waals surface area contributed by atoms with Crippen LogP contribution < -0.4 is 5.73 Å². The molecule has 2 N–H and O–H groups in total. The molecule has 1 aromatic heterocycles. The van der Waals surface area contributed by atoms with Gasteiger partial charge in [-0.05, 0) is 18.9 Å². The van der Waals surface area contributed by atoms with Gasteiger partial charge in [-0.15, -0.1) is 0 Å². The highest BCUT2D eigenvalue weighted by Gasteiger charge is 2.31. The molecule has 0 saturated heterocycles. The largest absolute Gasteiger partial charge is 0.319 e. The van der Waals surface area contributed by atoms with Gasteiger partial charge in [0, 0.05) is 22.2 Å². The third-order valence-corrected chi connectivity index (χ3v) is 3.97. The summed E-state index contributed by atoms with van der Waals surface area (Å²) in [4.78, 5) is 9.59. The average molecular weight is 277 g/mol. The highest BCUT2D eigenvalue weighted by molar-refractivity contribution is 5.25. The molecule has 3 heteroatoms. The van der Waals surface area contributed by atoms with E-state index in [-0.39, 0.29) is 10.8 Å². The van der Waals surface area contributed by atoms with Crippen LogP contribution in [0.1, 0.15) is 85.4 Å². The van der Waals surface area contributed by atoms with Crippen LogP contribution in [0.5, 0.6) is 0 Å². The normalized spacial score (nSPS) is 13.7. The molecule has 0 aliphatic carbocycles. The second-order valence-electron chi connectivity index (χ2n) is 7.83. The van der Waals surface area contributed by atoms with Crippen molar-refractivity contribution in [2.75, 3.05) is 0 Å². The minimum atomic E-state index is -0.429. The molecule has 0 amide bonds. The molecule has 0 aliphatic rings. The molecule has 0 fully saturated rings. The van der Waals surface area contributed by atoms with E-state index in [0.29, 0.717) is 0 Å². The summed E-state index contributed by atoms with van der Waals surface area (Å²) in [5, 5.41) is 0. The molecular formula is C17H31N3. The van der Waals surface area contributed by atoms with E-state index in [1.165, 1.54) is 0 Å². The van der Waals surface area contributed by atoms with Crippen LogP contribution in [0.3, 0.4) is 0 Å². The number of aromatic nitrogens is 2. The Bertz CT molecular complexity index is 428. The van der Waals surface area contributed by atoms with Gasteiger partial charge in [0.05, 0.1) is 5.54 Å². The summed E-state index contributed by atoms with van der Waals surface area (Å²) >= 11 is 0. The lowest BCUT2D eigenvalue weighted by atomic mass is 9.85. The molecule has 0 atom stereocenters. The third-order valence-electron chi connectivity index (χ3n) is 3.97. The molecule has 20 heavy (non-hydrogen) atoms. The molecule has 114 valence electrons. The predicted octanol–water partition coefficient (Wildman–Crippen LogP) is 4.05. The maximum absolute atomic E-state index is 6.52. The van der Waals surface area contributed by atoms with Gasteiger partial charge < -0.3 is 5.73 Å². The van der Waals surface area contributed by atoms with E-state index in [1.807, 2.05) is 0 Å². The highest BCUT2D eigenvalue weighted by atomic mass is 15.0. The minimum absolute atomic E-state index is 0.0000822. The maximum Gasteiger partial charge on any atom is 0.148 e. The molecular weight excluding hydrogens is 246 g/mol. The highest BCUT2D eigenvalue weighted by Crippen LogP contribution is 2.30. The van der Waals surface area contributed by atoms with E-state index in [0.717, 1.165) is 30.1 Å². The number of nitrogens with two attached hydrogens (primary N) is 1. The van der Waals surface area contributed by atoms with E-state index in [9.17, 15) is 0 Å². The Balaban J connectivity index is 3.54. The SMILES string of the molecule is CCC(N)(CC)c1nc(C(C)(C)C)cc(C(C)(C)C)n1. The third kappa shape index (κ3) is 3.57. The van der Waals surface area contributed by atoms with Gasteiger partial charge in [-0.25, -0.2) is 9.97 Å². The van der Waals surface area contributed by atoms with E-state index < -0.39 is 5.54 Å². The van der Waals surface area contributed by atoms with Crippen LogP contribution in [0.15, 0.2) is 6.07 Å². The lowest BCUT2D eigenvalue weighted by Crippen LogP contribution is -2.39. The van der Waals surface area contributed by atoms with Crippen molar-refractivity contribution in [3.8, 4) is 0 Å². The number of hydrogen-bond donors (Lipinski definition) is 1. The lowest BCUT2D eigenvalue weighted by Gasteiger charge is -2.30. The van der Waals surface area contributed by atoms with Gasteiger partial charge >= 0.3 is 0 Å². The predicted molar refractivity (Wildman–Crippen MR) is 85.9 cm³/mol. The monoisotopic (exact) mass is 277 g/mol. The topological polar surface area (TPSA) is 51.8 Å². The fraction of sp³-hybridized carbons (Fsp3) is 0.765. The first kappa shape index (κ1) is 17.1. The van der Waals surface area contributed by atoms with Gasteiger partial charge in [0.15, 0.2) is 0 Å². The van der Waals surface area contributed by atoms with Gasteiger partial charge in [0.25, 0.3) is 0 Å². The second kappa shape index (κ2) is 5.44. The van der Waals surface area contributed by atoms with Gasteiger partial charge in [-0.2, -0.15) is 0 Å². The van der Waals surface area contributed by atoms with Crippen molar-refractivity contribution < 1.29 is 0 Å². The molecule has 1 aromatic rings. The Morgan fingerprint density at radius 2 is 1.20 bits per heavy atom. The van der Waals surface area contributed by atoms with Crippen molar-refractivity contribution in [3.63, 3.8) is 0 Å². The Labute approximate surface area is 124 Å². The van der Waals surface area contributed by atoms with Gasteiger partial charge in [-0.3, -0.25) is 0 Å². The smallest absolute Gasteiger partial charge is 0.148 e. The quantitative estimate of drug-likeness (QED) is 0.907. The molecule has 1 heterocycles. The van der Waals surface area contributed by atoms with Crippen molar-refractivity contribution in [3.05, 3.63) is 23.3 Å². The van der Waals surface area contributed by atoms with Crippen LogP contribution in [0.2, 0.25) is 0 Å². The summed E-state index contributed by atoms with van der Waals surface area (Å²) in [6.45, 7) is 17.3. The molecule has 0 unspecified atom stereocenters. The summed E-state index contributed by atoms with van der Waals surface area (Å²) in [6.07, 6.45) is 1.70. The maximum atomic E-state index is 6.52. The number of nitrogens with zero attached hydrogens (tertiary/aromatic N) is 2. The van der Waals surface area contributed by atoms with Crippen molar-refractivity contribution in [2.24, 2.45) is 5.73 Å². The molecule has 0 spiro atoms. The summed E-state index contributed by atoms with van der Waals surface area (Å²) < 4.78 is 0. The first-order valence-electron chi connectivity index (χ1n) is 7.63. The van der Waals surface area contributed by atoms with Gasteiger partial charge in [0.1, 0.15) is 5.82 Å². The van der Waals surface area contributed by atoms with Crippen molar-refractivity contribution >= 4 is 0 Å². The lowest BCUT2D eigenvalue weighted by molar-refractivity contribution is 0.376. The molecule has 3 nitrogen and oxygen atoms in total. The molecule has 0 bridgehead atoms. The second-order valence-corrected chi connectivity index (χ2v) is 7.83. The van der Waals surface area contributed by atoms with Crippen molar-refractivity contribution in [1.29, 1.82) is 0 Å². The van der Waals surface area contributed by atoms with E-state index in [4.69, 9.17) is 15.7 Å². The molecule has 0 saturated carbocycles. The van der Waals surface area contributed by atoms with E-state index in [1.54, 1.807) is 0 Å². The van der Waals surface area contributed by atoms with Crippen LogP contribution in [0, 0.1) is 0 Å². The molecule has 0 aromatic carbocycles. The molecule has 1 rings (SSSR count). The molecule has 0 aliphatic heterocycles. The number of hydrogen-bond acceptors (Lipinski definition) is 3.